The van der Waals surface area contributed by atoms with E-state index in [9.17, 15) is 4.79 Å². The number of nitriles is 1. The van der Waals surface area contributed by atoms with Crippen LogP contribution >= 0.6 is 0 Å². The maximum absolute atomic E-state index is 12.0. The number of carbonyl (C=O) groups excluding carboxylic acids is 1. The predicted molar refractivity (Wildman–Crippen MR) is 70.6 cm³/mol. The highest BCUT2D eigenvalue weighted by Gasteiger charge is 2.28. The maximum atomic E-state index is 12.0. The van der Waals surface area contributed by atoms with Gasteiger partial charge in [-0.1, -0.05) is 18.2 Å². The molecular formula is C14H18N2O3. The van der Waals surface area contributed by atoms with Crippen LogP contribution in [0.15, 0.2) is 30.3 Å². The Morgan fingerprint density at radius 1 is 1.47 bits per heavy atom. The van der Waals surface area contributed by atoms with Gasteiger partial charge in [-0.05, 0) is 26.0 Å². The quantitative estimate of drug-likeness (QED) is 0.843. The van der Waals surface area contributed by atoms with Gasteiger partial charge in [0.05, 0.1) is 12.7 Å². The minimum absolute atomic E-state index is 0.118. The van der Waals surface area contributed by atoms with Crippen molar-refractivity contribution in [1.29, 1.82) is 5.26 Å². The summed E-state index contributed by atoms with van der Waals surface area (Å²) >= 11 is 0. The Kier molecular flexibility index (Phi) is 5.34. The number of carbonyl (C=O) groups is 1. The van der Waals surface area contributed by atoms with Gasteiger partial charge in [0, 0.05) is 7.11 Å². The molecule has 0 bridgehead atoms. The number of nitrogens with one attached hydrogen (secondary N) is 1. The van der Waals surface area contributed by atoms with Gasteiger partial charge in [0.25, 0.3) is 5.91 Å². The molecular weight excluding hydrogens is 244 g/mol. The van der Waals surface area contributed by atoms with Crippen molar-refractivity contribution in [3.8, 4) is 11.8 Å². The number of para-hydroxylation sites is 1. The lowest BCUT2D eigenvalue weighted by molar-refractivity contribution is -0.129. The molecule has 1 amide bonds. The van der Waals surface area contributed by atoms with E-state index >= 15 is 0 Å². The topological polar surface area (TPSA) is 71.3 Å². The lowest BCUT2D eigenvalue weighted by atomic mass is 10.1. The third-order valence-corrected chi connectivity index (χ3v) is 2.50. The molecule has 0 aromatic heterocycles. The standard InChI is InChI=1S/C14H18N2O3/c1-11(19-12-7-5-4-6-8-12)13(17)16-14(2,9-15)10-18-3/h4-8,11H,10H2,1-3H3,(H,16,17)/t11-,14-/m0/s1. The first-order valence-electron chi connectivity index (χ1n) is 5.94. The van der Waals surface area contributed by atoms with Crippen LogP contribution in [0.2, 0.25) is 0 Å². The molecule has 1 rings (SSSR count). The van der Waals surface area contributed by atoms with Gasteiger partial charge in [0.15, 0.2) is 6.10 Å². The van der Waals surface area contributed by atoms with Gasteiger partial charge < -0.3 is 14.8 Å². The number of ether oxygens (including phenoxy) is 2. The fourth-order valence-corrected chi connectivity index (χ4v) is 1.52. The van der Waals surface area contributed by atoms with Crippen molar-refractivity contribution in [2.45, 2.75) is 25.5 Å². The SMILES string of the molecule is COC[C@](C)(C#N)NC(=O)[C@H](C)Oc1ccccc1. The largest absolute Gasteiger partial charge is 0.481 e. The summed E-state index contributed by atoms with van der Waals surface area (Å²) in [5.74, 6) is 0.250. The van der Waals surface area contributed by atoms with Crippen LogP contribution in [0.25, 0.3) is 0 Å². The van der Waals surface area contributed by atoms with Crippen LogP contribution in [0, 0.1) is 11.3 Å². The molecule has 0 saturated heterocycles. The zero-order valence-corrected chi connectivity index (χ0v) is 11.3. The molecule has 0 aliphatic heterocycles. The van der Waals surface area contributed by atoms with Crippen molar-refractivity contribution in [2.24, 2.45) is 0 Å². The average Bonchev–Trinajstić information content (AvgIpc) is 2.40. The molecule has 0 fully saturated rings. The number of methoxy groups -OCH3 is 1. The third kappa shape index (κ3) is 4.60. The number of benzene rings is 1. The molecule has 102 valence electrons. The van der Waals surface area contributed by atoms with Gasteiger partial charge in [0.2, 0.25) is 0 Å². The molecule has 19 heavy (non-hydrogen) atoms. The van der Waals surface area contributed by atoms with E-state index in [2.05, 4.69) is 5.32 Å². The van der Waals surface area contributed by atoms with Crippen molar-refractivity contribution in [2.75, 3.05) is 13.7 Å². The fraction of sp³-hybridized carbons (Fsp3) is 0.429. The predicted octanol–water partition coefficient (Wildman–Crippen LogP) is 1.50. The van der Waals surface area contributed by atoms with E-state index in [0.717, 1.165) is 0 Å². The zero-order chi connectivity index (χ0) is 14.3. The molecule has 1 N–H and O–H groups in total. The van der Waals surface area contributed by atoms with E-state index in [1.54, 1.807) is 26.0 Å². The van der Waals surface area contributed by atoms with Crippen LogP contribution in [0.5, 0.6) is 5.75 Å². The first-order chi connectivity index (χ1) is 9.00. The second-order valence-corrected chi connectivity index (χ2v) is 4.44. The summed E-state index contributed by atoms with van der Waals surface area (Å²) in [5.41, 5.74) is -1.06. The van der Waals surface area contributed by atoms with Gasteiger partial charge in [-0.3, -0.25) is 4.79 Å². The molecule has 5 nitrogen and oxygen atoms in total. The van der Waals surface area contributed by atoms with Crippen molar-refractivity contribution in [3.05, 3.63) is 30.3 Å². The first kappa shape index (κ1) is 15.0. The summed E-state index contributed by atoms with van der Waals surface area (Å²) in [5, 5.41) is 11.7. The smallest absolute Gasteiger partial charge is 0.262 e. The Morgan fingerprint density at radius 3 is 2.63 bits per heavy atom. The van der Waals surface area contributed by atoms with Gasteiger partial charge in [-0.15, -0.1) is 0 Å². The van der Waals surface area contributed by atoms with Crippen molar-refractivity contribution < 1.29 is 14.3 Å². The Labute approximate surface area is 113 Å². The third-order valence-electron chi connectivity index (χ3n) is 2.50. The summed E-state index contributed by atoms with van der Waals surface area (Å²) in [4.78, 5) is 12.0. The van der Waals surface area contributed by atoms with Crippen LogP contribution in [-0.4, -0.2) is 31.3 Å². The van der Waals surface area contributed by atoms with Crippen molar-refractivity contribution >= 4 is 5.91 Å². The molecule has 0 aliphatic carbocycles. The highest BCUT2D eigenvalue weighted by molar-refractivity contribution is 5.81. The van der Waals surface area contributed by atoms with E-state index in [1.165, 1.54) is 7.11 Å². The van der Waals surface area contributed by atoms with Crippen LogP contribution in [0.1, 0.15) is 13.8 Å². The molecule has 0 spiro atoms. The van der Waals surface area contributed by atoms with Crippen LogP contribution in [-0.2, 0) is 9.53 Å². The Morgan fingerprint density at radius 2 is 2.11 bits per heavy atom. The Balaban J connectivity index is 2.60. The zero-order valence-electron chi connectivity index (χ0n) is 11.3. The van der Waals surface area contributed by atoms with E-state index in [-0.39, 0.29) is 12.5 Å². The monoisotopic (exact) mass is 262 g/mol. The molecule has 0 saturated carbocycles. The molecule has 1 aromatic carbocycles. The van der Waals surface area contributed by atoms with Crippen molar-refractivity contribution in [1.82, 2.24) is 5.32 Å². The summed E-state index contributed by atoms with van der Waals surface area (Å²) in [7, 11) is 1.48. The van der Waals surface area contributed by atoms with Crippen molar-refractivity contribution in [3.63, 3.8) is 0 Å². The molecule has 0 radical (unpaired) electrons. The maximum Gasteiger partial charge on any atom is 0.262 e. The summed E-state index contributed by atoms with van der Waals surface area (Å²) < 4.78 is 10.4. The number of hydrogen-bond donors (Lipinski definition) is 1. The number of nitrogens with zero attached hydrogens (tertiary/aromatic N) is 1. The molecule has 2 atom stereocenters. The molecule has 1 aromatic rings. The lowest BCUT2D eigenvalue weighted by Crippen LogP contribution is -2.52. The molecule has 0 unspecified atom stereocenters. The van der Waals surface area contributed by atoms with Gasteiger partial charge in [-0.25, -0.2) is 0 Å². The normalized spacial score (nSPS) is 14.8. The number of amides is 1. The molecule has 5 heteroatoms. The van der Waals surface area contributed by atoms with Gasteiger partial charge >= 0.3 is 0 Å². The average molecular weight is 262 g/mol. The van der Waals surface area contributed by atoms with E-state index in [1.807, 2.05) is 24.3 Å². The summed E-state index contributed by atoms with van der Waals surface area (Å²) in [6.07, 6.45) is -0.688. The number of hydrogen-bond acceptors (Lipinski definition) is 4. The van der Waals surface area contributed by atoms with Gasteiger partial charge in [-0.2, -0.15) is 5.26 Å². The minimum atomic E-state index is -1.06. The second kappa shape index (κ2) is 6.76. The minimum Gasteiger partial charge on any atom is -0.481 e. The first-order valence-corrected chi connectivity index (χ1v) is 5.94. The molecule has 0 aliphatic rings. The van der Waals surface area contributed by atoms with Crippen LogP contribution < -0.4 is 10.1 Å². The van der Waals surface area contributed by atoms with Crippen LogP contribution in [0.3, 0.4) is 0 Å². The second-order valence-electron chi connectivity index (χ2n) is 4.44. The van der Waals surface area contributed by atoms with E-state index < -0.39 is 11.6 Å². The van der Waals surface area contributed by atoms with Gasteiger partial charge in [0.1, 0.15) is 11.3 Å². The highest BCUT2D eigenvalue weighted by Crippen LogP contribution is 2.11. The highest BCUT2D eigenvalue weighted by atomic mass is 16.5. The summed E-state index contributed by atoms with van der Waals surface area (Å²) in [6, 6.07) is 11.1. The van der Waals surface area contributed by atoms with E-state index in [0.29, 0.717) is 5.75 Å². The number of rotatable bonds is 6. The Bertz CT molecular complexity index is 456. The fourth-order valence-electron chi connectivity index (χ4n) is 1.52. The Hall–Kier alpha value is -2.06. The molecule has 0 heterocycles. The lowest BCUT2D eigenvalue weighted by Gasteiger charge is -2.24. The summed E-state index contributed by atoms with van der Waals surface area (Å²) in [6.45, 7) is 3.35. The van der Waals surface area contributed by atoms with E-state index in [4.69, 9.17) is 14.7 Å². The van der Waals surface area contributed by atoms with Crippen LogP contribution in [0.4, 0.5) is 0 Å².